The SMILES string of the molecule is NCN1C(=O)C2(C1=O)C(=O)N(CN)C2=O.NCNC(=O)C1(C(=O)O)C(=O)N(CN2C(=O)C3(C(=O)OC3=O)C2=O)C1=O. The molecule has 0 aromatic rings. The Balaban J connectivity index is 0.000000218. The van der Waals surface area contributed by atoms with Crippen molar-refractivity contribution in [3.05, 3.63) is 0 Å². The van der Waals surface area contributed by atoms with Gasteiger partial charge in [0.1, 0.15) is 6.67 Å². The molecule has 41 heavy (non-hydrogen) atoms. The Morgan fingerprint density at radius 2 is 1.00 bits per heavy atom. The molecule has 0 aliphatic carbocycles. The summed E-state index contributed by atoms with van der Waals surface area (Å²) in [6, 6.07) is 0. The molecule has 0 unspecified atom stereocenters. The number of hydrogen-bond acceptors (Lipinski definition) is 16. The van der Waals surface area contributed by atoms with E-state index >= 15 is 0 Å². The highest BCUT2D eigenvalue weighted by Crippen LogP contribution is 2.45. The van der Waals surface area contributed by atoms with Crippen LogP contribution < -0.4 is 22.5 Å². The first kappa shape index (κ1) is 28.5. The largest absolute Gasteiger partial charge is 0.480 e. The second kappa shape index (κ2) is 8.77. The summed E-state index contributed by atoms with van der Waals surface area (Å²) in [6.45, 7) is -2.27. The fourth-order valence-electron chi connectivity index (χ4n) is 4.56. The van der Waals surface area contributed by atoms with E-state index in [1.807, 2.05) is 5.32 Å². The number of carboxylic acids is 1. The lowest BCUT2D eigenvalue weighted by Crippen LogP contribution is -2.84. The number of ether oxygens (including phenoxy) is 1. The van der Waals surface area contributed by atoms with Gasteiger partial charge in [0.15, 0.2) is 0 Å². The van der Waals surface area contributed by atoms with E-state index in [1.54, 1.807) is 0 Å². The number of β-lactam (4-membered cyclic amide) rings is 8. The van der Waals surface area contributed by atoms with Crippen molar-refractivity contribution in [1.82, 2.24) is 24.9 Å². The van der Waals surface area contributed by atoms with Crippen LogP contribution in [0.25, 0.3) is 0 Å². The summed E-state index contributed by atoms with van der Waals surface area (Å²) in [5.41, 5.74) is 7.38. The van der Waals surface area contributed by atoms with Crippen molar-refractivity contribution in [2.24, 2.45) is 33.4 Å². The van der Waals surface area contributed by atoms with E-state index in [2.05, 4.69) is 4.74 Å². The first-order valence-electron chi connectivity index (χ1n) is 11.0. The highest BCUT2D eigenvalue weighted by atomic mass is 16.6. The molecule has 0 aromatic heterocycles. The van der Waals surface area contributed by atoms with Gasteiger partial charge in [-0.15, -0.1) is 0 Å². The van der Waals surface area contributed by atoms with Gasteiger partial charge in [0.25, 0.3) is 58.6 Å². The summed E-state index contributed by atoms with van der Waals surface area (Å²) in [5, 5.41) is 11.0. The van der Waals surface area contributed by atoms with Crippen LogP contribution in [0.15, 0.2) is 0 Å². The third kappa shape index (κ3) is 2.83. The van der Waals surface area contributed by atoms with Crippen LogP contribution in [0.4, 0.5) is 0 Å². The zero-order chi connectivity index (χ0) is 31.0. The molecule has 5 aliphatic heterocycles. The normalized spacial score (nSPS) is 22.8. The van der Waals surface area contributed by atoms with E-state index in [0.717, 1.165) is 0 Å². The Bertz CT molecular complexity index is 1350. The number of nitrogens with two attached hydrogens (primary N) is 3. The first-order chi connectivity index (χ1) is 19.1. The zero-order valence-corrected chi connectivity index (χ0v) is 20.1. The van der Waals surface area contributed by atoms with Gasteiger partial charge in [-0.05, 0) is 0 Å². The number of carboxylic acid groups (broad SMARTS) is 1. The highest BCUT2D eigenvalue weighted by Gasteiger charge is 2.82. The van der Waals surface area contributed by atoms with Crippen molar-refractivity contribution >= 4 is 71.1 Å². The molecule has 5 rings (SSSR count). The number of rotatable bonds is 7. The molecule has 22 nitrogen and oxygen atoms in total. The highest BCUT2D eigenvalue weighted by molar-refractivity contribution is 6.53. The molecule has 8 N–H and O–H groups in total. The quantitative estimate of drug-likeness (QED) is 0.0807. The molecule has 216 valence electrons. The van der Waals surface area contributed by atoms with Crippen LogP contribution in [0.5, 0.6) is 0 Å². The number of carbonyl (C=O) groups is 12. The average Bonchev–Trinajstić information content (AvgIpc) is 2.90. The van der Waals surface area contributed by atoms with Gasteiger partial charge in [0.05, 0.1) is 20.0 Å². The minimum absolute atomic E-state index is 0.154. The van der Waals surface area contributed by atoms with E-state index in [-0.39, 0.29) is 23.1 Å². The number of aliphatic carboxylic acids is 1. The van der Waals surface area contributed by atoms with Gasteiger partial charge in [0, 0.05) is 0 Å². The Kier molecular flexibility index (Phi) is 6.10. The second-order valence-corrected chi connectivity index (χ2v) is 8.60. The van der Waals surface area contributed by atoms with Crippen molar-refractivity contribution in [3.8, 4) is 0 Å². The van der Waals surface area contributed by atoms with Gasteiger partial charge in [-0.2, -0.15) is 0 Å². The van der Waals surface area contributed by atoms with Gasteiger partial charge in [-0.25, -0.2) is 14.4 Å². The molecule has 5 saturated heterocycles. The molecule has 0 aromatic carbocycles. The van der Waals surface area contributed by atoms with Crippen molar-refractivity contribution in [2.45, 2.75) is 0 Å². The van der Waals surface area contributed by atoms with E-state index in [1.165, 1.54) is 0 Å². The van der Waals surface area contributed by atoms with Gasteiger partial charge >= 0.3 is 28.7 Å². The molecule has 5 heterocycles. The lowest BCUT2D eigenvalue weighted by Gasteiger charge is -2.51. The van der Waals surface area contributed by atoms with Crippen molar-refractivity contribution in [3.63, 3.8) is 0 Å². The monoisotopic (exact) mass is 580 g/mol. The Morgan fingerprint density at radius 1 is 0.634 bits per heavy atom. The molecule has 5 aliphatic rings. The summed E-state index contributed by atoms with van der Waals surface area (Å²) in [6.07, 6.45) is 0. The van der Waals surface area contributed by atoms with E-state index < -0.39 is 101 Å². The molecule has 0 radical (unpaired) electrons. The van der Waals surface area contributed by atoms with E-state index in [4.69, 9.17) is 22.3 Å². The minimum atomic E-state index is -3.08. The maximum Gasteiger partial charge on any atom is 0.351 e. The maximum atomic E-state index is 12.1. The average molecular weight is 580 g/mol. The summed E-state index contributed by atoms with van der Waals surface area (Å²) >= 11 is 0. The molecule has 9 amide bonds. The van der Waals surface area contributed by atoms with Gasteiger partial charge in [-0.1, -0.05) is 0 Å². The molecule has 5 fully saturated rings. The van der Waals surface area contributed by atoms with Crippen LogP contribution >= 0.6 is 0 Å². The fraction of sp³-hybridized carbons (Fsp3) is 0.368. The standard InChI is InChI=1S/C12H8N4O10.C7H8N4O4/c13-1-14-3(17)11(8(22)23)4(18)15(5(11)19)2-16-6(20)12(7(16)21)9(24)26-10(12)25;8-1-10-3(12)7(4(10)13)5(14)11(2-9)6(7)15/h1-2,13H2,(H,14,17)(H,22,23);1-2,8-9H2. The second-order valence-electron chi connectivity index (χ2n) is 8.60. The number of amides is 9. The molecule has 2 spiro atoms. The third-order valence-electron chi connectivity index (χ3n) is 6.90. The number of nitrogens with one attached hydrogen (secondary N) is 1. The Hall–Kier alpha value is -5.48. The predicted molar refractivity (Wildman–Crippen MR) is 114 cm³/mol. The number of cyclic esters (lactones) is 2. The number of carbonyl (C=O) groups excluding carboxylic acids is 11. The van der Waals surface area contributed by atoms with Crippen LogP contribution in [0.2, 0.25) is 0 Å². The van der Waals surface area contributed by atoms with Crippen LogP contribution in [-0.2, 0) is 62.3 Å². The van der Waals surface area contributed by atoms with E-state index in [9.17, 15) is 57.5 Å². The lowest BCUT2D eigenvalue weighted by molar-refractivity contribution is -0.215. The number of nitrogens with zero attached hydrogens (tertiary/aromatic N) is 4. The number of hydrogen-bond donors (Lipinski definition) is 5. The Labute approximate surface area is 224 Å². The molecule has 0 bridgehead atoms. The molecule has 22 heteroatoms. The predicted octanol–water partition coefficient (Wildman–Crippen LogP) is -8.60. The van der Waals surface area contributed by atoms with Crippen LogP contribution in [0.3, 0.4) is 0 Å². The maximum absolute atomic E-state index is 12.1. The van der Waals surface area contributed by atoms with Crippen LogP contribution in [0, 0.1) is 16.2 Å². The topological polar surface area (TPSA) is 337 Å². The summed E-state index contributed by atoms with van der Waals surface area (Å²) < 4.78 is 3.96. The molecule has 0 atom stereocenters. The number of likely N-dealkylation sites (tertiary alicyclic amines) is 4. The fourth-order valence-corrected chi connectivity index (χ4v) is 4.56. The van der Waals surface area contributed by atoms with Crippen molar-refractivity contribution < 1.29 is 67.4 Å². The van der Waals surface area contributed by atoms with Gasteiger partial charge in [-0.3, -0.25) is 62.8 Å². The molecular formula is C19H16N8O14. The minimum Gasteiger partial charge on any atom is -0.480 e. The van der Waals surface area contributed by atoms with Crippen LogP contribution in [0.1, 0.15) is 0 Å². The van der Waals surface area contributed by atoms with Crippen molar-refractivity contribution in [2.75, 3.05) is 26.7 Å². The van der Waals surface area contributed by atoms with Gasteiger partial charge < -0.3 is 32.4 Å². The lowest BCUT2D eigenvalue weighted by atomic mass is 9.69. The Morgan fingerprint density at radius 3 is 1.32 bits per heavy atom. The number of esters is 2. The smallest absolute Gasteiger partial charge is 0.351 e. The molecule has 0 saturated carbocycles. The summed E-state index contributed by atoms with van der Waals surface area (Å²) in [4.78, 5) is 141. The van der Waals surface area contributed by atoms with Gasteiger partial charge in [0.2, 0.25) is 0 Å². The van der Waals surface area contributed by atoms with Crippen LogP contribution in [-0.4, -0.2) is 122 Å². The number of imide groups is 4. The summed E-state index contributed by atoms with van der Waals surface area (Å²) in [5.74, 6) is -15.4. The third-order valence-corrected chi connectivity index (χ3v) is 6.90. The van der Waals surface area contributed by atoms with E-state index in [0.29, 0.717) is 9.80 Å². The first-order valence-corrected chi connectivity index (χ1v) is 11.0. The summed E-state index contributed by atoms with van der Waals surface area (Å²) in [7, 11) is 0. The molecular weight excluding hydrogens is 564 g/mol. The van der Waals surface area contributed by atoms with Crippen molar-refractivity contribution in [1.29, 1.82) is 0 Å². The zero-order valence-electron chi connectivity index (χ0n) is 20.1.